The van der Waals surface area contributed by atoms with Crippen LogP contribution in [0.2, 0.25) is 51.4 Å². The van der Waals surface area contributed by atoms with E-state index in [0.29, 0.717) is 49.5 Å². The van der Waals surface area contributed by atoms with Gasteiger partial charge >= 0.3 is 25.5 Å². The number of hydrogen-bond donors (Lipinski definition) is 0. The predicted octanol–water partition coefficient (Wildman–Crippen LogP) is 8.52. The maximum atomic E-state index is 13.4. The molecule has 0 aliphatic carbocycles. The molecule has 0 radical (unpaired) electrons. The Hall–Kier alpha value is -2.71. The molecular formula is C37H61O11PSi2. The third kappa shape index (κ3) is 14.3. The summed E-state index contributed by atoms with van der Waals surface area (Å²) in [5.74, 6) is -0.674. The van der Waals surface area contributed by atoms with Crippen LogP contribution in [0, 0.1) is 12.8 Å². The molecule has 1 aliphatic rings. The van der Waals surface area contributed by atoms with Crippen molar-refractivity contribution in [2.45, 2.75) is 111 Å². The number of ether oxygens (including phenoxy) is 5. The molecule has 0 bridgehead atoms. The second-order valence-corrected chi connectivity index (χ2v) is 28.8. The van der Waals surface area contributed by atoms with Crippen molar-refractivity contribution >= 4 is 41.7 Å². The van der Waals surface area contributed by atoms with Gasteiger partial charge in [0, 0.05) is 34.4 Å². The van der Waals surface area contributed by atoms with Gasteiger partial charge in [-0.3, -0.25) is 13.9 Å². The summed E-state index contributed by atoms with van der Waals surface area (Å²) in [7, 11) is -3.59. The third-order valence-electron chi connectivity index (χ3n) is 8.51. The number of carbonyl (C=O) groups is 3. The van der Waals surface area contributed by atoms with Gasteiger partial charge in [-0.25, -0.2) is 9.59 Å². The van der Waals surface area contributed by atoms with Gasteiger partial charge in [-0.2, -0.15) is 0 Å². The first-order chi connectivity index (χ1) is 23.8. The van der Waals surface area contributed by atoms with Gasteiger partial charge in [-0.15, -0.1) is 0 Å². The topological polar surface area (TPSA) is 133 Å². The van der Waals surface area contributed by atoms with Crippen molar-refractivity contribution in [3.63, 3.8) is 0 Å². The number of benzene rings is 1. The van der Waals surface area contributed by atoms with E-state index in [0.717, 1.165) is 34.4 Å². The van der Waals surface area contributed by atoms with Crippen molar-refractivity contribution in [3.05, 3.63) is 46.1 Å². The fourth-order valence-corrected chi connectivity index (χ4v) is 8.11. The summed E-state index contributed by atoms with van der Waals surface area (Å²) >= 11 is 0. The fraction of sp³-hybridized carbons (Fsp3) is 0.649. The van der Waals surface area contributed by atoms with E-state index in [4.69, 9.17) is 32.7 Å². The first-order valence-electron chi connectivity index (χ1n) is 17.7. The monoisotopic (exact) mass is 768 g/mol. The number of hydrogen-bond acceptors (Lipinski definition) is 11. The molecule has 0 amide bonds. The molecule has 0 N–H and O–H groups in total. The second-order valence-electron chi connectivity index (χ2n) is 15.4. The molecule has 0 saturated heterocycles. The van der Waals surface area contributed by atoms with Crippen molar-refractivity contribution < 1.29 is 51.7 Å². The van der Waals surface area contributed by atoms with Gasteiger partial charge < -0.3 is 28.2 Å². The van der Waals surface area contributed by atoms with Crippen LogP contribution in [-0.4, -0.2) is 80.4 Å². The predicted molar refractivity (Wildman–Crippen MR) is 206 cm³/mol. The lowest BCUT2D eigenvalue weighted by Gasteiger charge is -2.22. The summed E-state index contributed by atoms with van der Waals surface area (Å²) in [6, 6.07) is 1.77. The standard InChI is InChI=1S/C37H61O11PSi2/c1-13-44-35(38)28(4)48-49(41,43-6)21-15-14-16-29(36(39)46-20-23-51(10,11)12)24-26(2)17-18-30-33(42-5)27(3)31-25-47-37(40)32(31)34(30)45-19-22-50(7,8)9/h14-15,17,28-29H,13,16,18-25H2,1-12H3/t28-,29?,49?/m0/s1. The van der Waals surface area contributed by atoms with Gasteiger partial charge in [0.25, 0.3) is 0 Å². The number of esters is 3. The quantitative estimate of drug-likeness (QED) is 0.0370. The number of fused-ring (bicyclic) bond motifs is 1. The maximum absolute atomic E-state index is 13.4. The van der Waals surface area contributed by atoms with E-state index in [2.05, 4.69) is 39.3 Å². The highest BCUT2D eigenvalue weighted by molar-refractivity contribution is 7.54. The Morgan fingerprint density at radius 1 is 0.961 bits per heavy atom. The van der Waals surface area contributed by atoms with Crippen LogP contribution in [0.5, 0.6) is 11.5 Å². The van der Waals surface area contributed by atoms with Gasteiger partial charge in [0.15, 0.2) is 6.10 Å². The minimum absolute atomic E-state index is 0.0835. The molecule has 0 aromatic heterocycles. The zero-order chi connectivity index (χ0) is 38.6. The van der Waals surface area contributed by atoms with E-state index in [1.165, 1.54) is 14.0 Å². The van der Waals surface area contributed by atoms with Crippen molar-refractivity contribution in [3.8, 4) is 11.5 Å². The molecule has 0 fully saturated rings. The van der Waals surface area contributed by atoms with Crippen molar-refractivity contribution in [1.82, 2.24) is 0 Å². The molecule has 2 unspecified atom stereocenters. The molecule has 11 nitrogen and oxygen atoms in total. The van der Waals surface area contributed by atoms with Gasteiger partial charge in [0.05, 0.1) is 39.0 Å². The highest BCUT2D eigenvalue weighted by Gasteiger charge is 2.34. The van der Waals surface area contributed by atoms with E-state index >= 15 is 0 Å². The molecule has 14 heteroatoms. The molecule has 288 valence electrons. The van der Waals surface area contributed by atoms with E-state index in [9.17, 15) is 18.9 Å². The minimum atomic E-state index is -3.64. The average molecular weight is 769 g/mol. The highest BCUT2D eigenvalue weighted by atomic mass is 31.2. The molecule has 1 aromatic carbocycles. The third-order valence-corrected chi connectivity index (χ3v) is 13.8. The van der Waals surface area contributed by atoms with E-state index < -0.39 is 47.7 Å². The Kier molecular flexibility index (Phi) is 17.4. The Balaban J connectivity index is 2.34. The summed E-state index contributed by atoms with van der Waals surface area (Å²) in [6.07, 6.45) is 5.45. The van der Waals surface area contributed by atoms with Crippen LogP contribution in [-0.2, 0) is 50.4 Å². The number of methoxy groups -OCH3 is 1. The molecule has 1 aliphatic heterocycles. The lowest BCUT2D eigenvalue weighted by molar-refractivity contribution is -0.151. The first-order valence-corrected chi connectivity index (χ1v) is 26.9. The largest absolute Gasteiger partial charge is 0.496 e. The molecule has 2 rings (SSSR count). The zero-order valence-corrected chi connectivity index (χ0v) is 35.8. The van der Waals surface area contributed by atoms with Crippen LogP contribution in [0.3, 0.4) is 0 Å². The Morgan fingerprint density at radius 2 is 1.61 bits per heavy atom. The minimum Gasteiger partial charge on any atom is -0.496 e. The molecule has 0 saturated carbocycles. The SMILES string of the molecule is CCOC(=O)[C@H](C)OP(=O)(CC=CCC(CC(C)=CCc1c(OC)c(C)c2c(c1OCC[Si](C)(C)C)C(=O)OC2)C(=O)OCC[Si](C)(C)C)OC. The molecular weight excluding hydrogens is 708 g/mol. The second kappa shape index (κ2) is 19.9. The highest BCUT2D eigenvalue weighted by Crippen LogP contribution is 2.48. The fourth-order valence-electron chi connectivity index (χ4n) is 5.38. The van der Waals surface area contributed by atoms with Gasteiger partial charge in [0.1, 0.15) is 23.7 Å². The summed E-state index contributed by atoms with van der Waals surface area (Å²) in [5.41, 5.74) is 3.81. The van der Waals surface area contributed by atoms with Crippen LogP contribution in [0.1, 0.15) is 60.7 Å². The van der Waals surface area contributed by atoms with Gasteiger partial charge in [-0.05, 0) is 64.6 Å². The molecule has 51 heavy (non-hydrogen) atoms. The normalized spacial score (nSPS) is 15.9. The first kappa shape index (κ1) is 44.5. The maximum Gasteiger partial charge on any atom is 0.342 e. The molecule has 1 aromatic rings. The van der Waals surface area contributed by atoms with Gasteiger partial charge in [-0.1, -0.05) is 63.1 Å². The summed E-state index contributed by atoms with van der Waals surface area (Å²) < 4.78 is 52.2. The van der Waals surface area contributed by atoms with Crippen molar-refractivity contribution in [2.75, 3.05) is 40.2 Å². The van der Waals surface area contributed by atoms with E-state index in [-0.39, 0.29) is 25.3 Å². The molecule has 0 spiro atoms. The molecule has 1 heterocycles. The Labute approximate surface area is 307 Å². The van der Waals surface area contributed by atoms with Crippen molar-refractivity contribution in [2.24, 2.45) is 5.92 Å². The number of rotatable bonds is 22. The number of carbonyl (C=O) groups excluding carboxylic acids is 3. The summed E-state index contributed by atoms with van der Waals surface area (Å²) in [4.78, 5) is 38.3. The van der Waals surface area contributed by atoms with E-state index in [1.54, 1.807) is 26.2 Å². The lowest BCUT2D eigenvalue weighted by atomic mass is 9.93. The number of cyclic esters (lactones) is 1. The van der Waals surface area contributed by atoms with Gasteiger partial charge in [0.2, 0.25) is 0 Å². The van der Waals surface area contributed by atoms with Crippen molar-refractivity contribution in [1.29, 1.82) is 0 Å². The Bertz CT molecular complexity index is 1470. The summed E-state index contributed by atoms with van der Waals surface area (Å²) in [5, 5.41) is 0. The average Bonchev–Trinajstić information content (AvgIpc) is 3.42. The summed E-state index contributed by atoms with van der Waals surface area (Å²) in [6.45, 7) is 21.7. The van der Waals surface area contributed by atoms with Crippen LogP contribution >= 0.6 is 7.60 Å². The van der Waals surface area contributed by atoms with Crippen LogP contribution in [0.15, 0.2) is 23.8 Å². The smallest absolute Gasteiger partial charge is 0.342 e. The van der Waals surface area contributed by atoms with Crippen LogP contribution < -0.4 is 9.47 Å². The van der Waals surface area contributed by atoms with Crippen LogP contribution in [0.25, 0.3) is 0 Å². The molecule has 3 atom stereocenters. The zero-order valence-electron chi connectivity index (χ0n) is 32.9. The van der Waals surface area contributed by atoms with E-state index in [1.807, 2.05) is 19.9 Å². The lowest BCUT2D eigenvalue weighted by Crippen LogP contribution is -2.25. The number of allylic oxidation sites excluding steroid dienone is 4. The Morgan fingerprint density at radius 3 is 2.20 bits per heavy atom. The van der Waals surface area contributed by atoms with Crippen LogP contribution in [0.4, 0.5) is 0 Å².